The van der Waals surface area contributed by atoms with Crippen LogP contribution in [-0.4, -0.2) is 43.1 Å². The summed E-state index contributed by atoms with van der Waals surface area (Å²) in [5.74, 6) is 0.217. The zero-order valence-corrected chi connectivity index (χ0v) is 27.5. The van der Waals surface area contributed by atoms with Crippen molar-refractivity contribution in [2.24, 2.45) is 15.3 Å². The first kappa shape index (κ1) is 33.4. The number of ether oxygens (including phenoxy) is 1. The van der Waals surface area contributed by atoms with E-state index in [1.54, 1.807) is 55.0 Å². The molecule has 1 aliphatic heterocycles. The second-order valence-corrected chi connectivity index (χ2v) is 14.1. The predicted molar refractivity (Wildman–Crippen MR) is 183 cm³/mol. The molecule has 3 N–H and O–H groups in total. The molecule has 0 spiro atoms. The van der Waals surface area contributed by atoms with Gasteiger partial charge in [-0.2, -0.15) is 5.10 Å². The SMILES string of the molecule is CC(C)(C)c1ccc(/C=N\N=C2\S/C(=C\c3ccccc3OCC(=O)Nc3ccc(S(N)(=O)=O)cc3)C(=O)N2Cc2ccco2)cc1. The number of hydrogen-bond donors (Lipinski definition) is 2. The average molecular weight is 672 g/mol. The molecule has 1 aliphatic rings. The molecule has 5 rings (SSSR count). The summed E-state index contributed by atoms with van der Waals surface area (Å²) in [6, 6.07) is 24.1. The lowest BCUT2D eigenvalue weighted by molar-refractivity contribution is -0.122. The molecule has 11 nitrogen and oxygen atoms in total. The molecule has 4 aromatic rings. The van der Waals surface area contributed by atoms with E-state index in [-0.39, 0.29) is 29.4 Å². The number of benzene rings is 3. The Labute approximate surface area is 277 Å². The molecule has 0 aliphatic carbocycles. The van der Waals surface area contributed by atoms with Gasteiger partial charge in [0.15, 0.2) is 11.8 Å². The molecular formula is C34H33N5O6S2. The van der Waals surface area contributed by atoms with Crippen LogP contribution in [0.2, 0.25) is 0 Å². The van der Waals surface area contributed by atoms with Crippen LogP contribution in [0.25, 0.3) is 6.08 Å². The van der Waals surface area contributed by atoms with E-state index in [0.29, 0.717) is 32.8 Å². The molecule has 1 saturated heterocycles. The normalized spacial score (nSPS) is 15.6. The number of furan rings is 1. The largest absolute Gasteiger partial charge is 0.483 e. The number of para-hydroxylation sites is 1. The minimum Gasteiger partial charge on any atom is -0.483 e. The Kier molecular flexibility index (Phi) is 10.1. The van der Waals surface area contributed by atoms with Crippen molar-refractivity contribution in [2.75, 3.05) is 11.9 Å². The summed E-state index contributed by atoms with van der Waals surface area (Å²) in [6.07, 6.45) is 4.86. The van der Waals surface area contributed by atoms with Crippen molar-refractivity contribution in [3.63, 3.8) is 0 Å². The van der Waals surface area contributed by atoms with Crippen LogP contribution in [0.1, 0.15) is 43.2 Å². The van der Waals surface area contributed by atoms with Crippen LogP contribution in [0.15, 0.2) is 116 Å². The second kappa shape index (κ2) is 14.2. The van der Waals surface area contributed by atoms with Crippen molar-refractivity contribution < 1.29 is 27.2 Å². The lowest BCUT2D eigenvalue weighted by atomic mass is 9.87. The summed E-state index contributed by atoms with van der Waals surface area (Å²) in [6.45, 7) is 6.29. The first-order chi connectivity index (χ1) is 22.4. The first-order valence-electron chi connectivity index (χ1n) is 14.5. The molecule has 242 valence electrons. The van der Waals surface area contributed by atoms with Gasteiger partial charge in [0.1, 0.15) is 11.5 Å². The molecule has 1 fully saturated rings. The van der Waals surface area contributed by atoms with Gasteiger partial charge in [-0.15, -0.1) is 5.10 Å². The molecular weight excluding hydrogens is 639 g/mol. The Bertz CT molecular complexity index is 1950. The van der Waals surface area contributed by atoms with Crippen LogP contribution in [0, 0.1) is 0 Å². The van der Waals surface area contributed by atoms with Gasteiger partial charge < -0.3 is 14.5 Å². The van der Waals surface area contributed by atoms with Gasteiger partial charge in [-0.05, 0) is 76.8 Å². The number of primary sulfonamides is 1. The third-order valence-electron chi connectivity index (χ3n) is 6.94. The van der Waals surface area contributed by atoms with Crippen LogP contribution in [0.5, 0.6) is 5.75 Å². The predicted octanol–water partition coefficient (Wildman–Crippen LogP) is 5.75. The summed E-state index contributed by atoms with van der Waals surface area (Å²) in [7, 11) is -3.85. The number of amidine groups is 1. The maximum Gasteiger partial charge on any atom is 0.267 e. The zero-order valence-electron chi connectivity index (χ0n) is 25.9. The number of carbonyl (C=O) groups is 2. The summed E-state index contributed by atoms with van der Waals surface area (Å²) in [4.78, 5) is 28.0. The summed E-state index contributed by atoms with van der Waals surface area (Å²) >= 11 is 1.17. The highest BCUT2D eigenvalue weighted by molar-refractivity contribution is 8.18. The van der Waals surface area contributed by atoms with E-state index in [0.717, 1.165) is 5.56 Å². The van der Waals surface area contributed by atoms with Crippen LogP contribution in [-0.2, 0) is 31.6 Å². The molecule has 0 saturated carbocycles. The third kappa shape index (κ3) is 8.85. The minimum atomic E-state index is -3.85. The Morgan fingerprint density at radius 3 is 2.40 bits per heavy atom. The van der Waals surface area contributed by atoms with Crippen molar-refractivity contribution in [3.05, 3.63) is 119 Å². The smallest absolute Gasteiger partial charge is 0.267 e. The first-order valence-corrected chi connectivity index (χ1v) is 16.8. The summed E-state index contributed by atoms with van der Waals surface area (Å²) in [5.41, 5.74) is 3.08. The van der Waals surface area contributed by atoms with Gasteiger partial charge in [-0.1, -0.05) is 63.2 Å². The van der Waals surface area contributed by atoms with Gasteiger partial charge in [0.05, 0.1) is 28.8 Å². The standard InChI is InChI=1S/C34H33N5O6S2/c1-34(2,3)25-12-10-23(11-13-25)20-36-38-33-39(21-27-8-6-18-44-27)32(41)30(46-33)19-24-7-4-5-9-29(24)45-22-31(40)37-26-14-16-28(17-15-26)47(35,42)43/h4-20H,21-22H2,1-3H3,(H,37,40)(H2,35,42,43)/b30-19-,36-20-,38-33+. The van der Waals surface area contributed by atoms with Gasteiger partial charge in [0, 0.05) is 11.3 Å². The number of carbonyl (C=O) groups excluding carboxylic acids is 2. The van der Waals surface area contributed by atoms with Crippen molar-refractivity contribution in [2.45, 2.75) is 37.6 Å². The molecule has 2 amide bonds. The minimum absolute atomic E-state index is 0.0362. The number of sulfonamides is 1. The van der Waals surface area contributed by atoms with Crippen LogP contribution in [0.3, 0.4) is 0 Å². The molecule has 0 unspecified atom stereocenters. The fraction of sp³-hybridized carbons (Fsp3) is 0.176. The number of rotatable bonds is 10. The highest BCUT2D eigenvalue weighted by atomic mass is 32.2. The van der Waals surface area contributed by atoms with Crippen molar-refractivity contribution >= 4 is 56.7 Å². The summed E-state index contributed by atoms with van der Waals surface area (Å²) < 4.78 is 34.2. The third-order valence-corrected chi connectivity index (χ3v) is 8.87. The van der Waals surface area contributed by atoms with E-state index in [2.05, 4.69) is 48.4 Å². The summed E-state index contributed by atoms with van der Waals surface area (Å²) in [5, 5.41) is 16.8. The lowest BCUT2D eigenvalue weighted by Crippen LogP contribution is -2.28. The second-order valence-electron chi connectivity index (χ2n) is 11.5. The van der Waals surface area contributed by atoms with Gasteiger partial charge in [-0.25, -0.2) is 13.6 Å². The molecule has 47 heavy (non-hydrogen) atoms. The van der Waals surface area contributed by atoms with E-state index >= 15 is 0 Å². The Morgan fingerprint density at radius 2 is 1.74 bits per heavy atom. The molecule has 1 aromatic heterocycles. The monoisotopic (exact) mass is 671 g/mol. The van der Waals surface area contributed by atoms with E-state index in [9.17, 15) is 18.0 Å². The Balaban J connectivity index is 1.31. The fourth-order valence-corrected chi connectivity index (χ4v) is 5.88. The van der Waals surface area contributed by atoms with Crippen molar-refractivity contribution in [1.29, 1.82) is 0 Å². The maximum absolute atomic E-state index is 13.6. The van der Waals surface area contributed by atoms with Gasteiger partial charge in [-0.3, -0.25) is 14.5 Å². The van der Waals surface area contributed by atoms with Gasteiger partial charge in [0.25, 0.3) is 11.8 Å². The van der Waals surface area contributed by atoms with E-state index in [1.165, 1.54) is 46.5 Å². The van der Waals surface area contributed by atoms with E-state index in [1.807, 2.05) is 12.1 Å². The van der Waals surface area contributed by atoms with E-state index < -0.39 is 15.9 Å². The van der Waals surface area contributed by atoms with Gasteiger partial charge >= 0.3 is 0 Å². The molecule has 3 aromatic carbocycles. The molecule has 0 atom stereocenters. The zero-order chi connectivity index (χ0) is 33.6. The number of nitrogens with two attached hydrogens (primary N) is 1. The van der Waals surface area contributed by atoms with Crippen LogP contribution in [0.4, 0.5) is 5.69 Å². The molecule has 0 bridgehead atoms. The maximum atomic E-state index is 13.6. The molecule has 0 radical (unpaired) electrons. The van der Waals surface area contributed by atoms with Gasteiger partial charge in [0.2, 0.25) is 10.0 Å². The van der Waals surface area contributed by atoms with Crippen LogP contribution < -0.4 is 15.2 Å². The van der Waals surface area contributed by atoms with Crippen molar-refractivity contribution in [1.82, 2.24) is 4.90 Å². The highest BCUT2D eigenvalue weighted by Gasteiger charge is 2.34. The van der Waals surface area contributed by atoms with Crippen LogP contribution >= 0.6 is 11.8 Å². The number of anilines is 1. The average Bonchev–Trinajstić information content (AvgIpc) is 3.65. The lowest BCUT2D eigenvalue weighted by Gasteiger charge is -2.18. The number of nitrogens with one attached hydrogen (secondary N) is 1. The molecule has 2 heterocycles. The Hall–Kier alpha value is -4.98. The number of amides is 2. The fourth-order valence-electron chi connectivity index (χ4n) is 4.44. The number of nitrogens with zero attached hydrogens (tertiary/aromatic N) is 3. The quantitative estimate of drug-likeness (QED) is 0.124. The number of hydrogen-bond acceptors (Lipinski definition) is 9. The topological polar surface area (TPSA) is 157 Å². The highest BCUT2D eigenvalue weighted by Crippen LogP contribution is 2.35. The molecule has 13 heteroatoms. The number of thioether (sulfide) groups is 1. The van der Waals surface area contributed by atoms with E-state index in [4.69, 9.17) is 14.3 Å². The Morgan fingerprint density at radius 1 is 1.02 bits per heavy atom. The van der Waals surface area contributed by atoms with Crippen molar-refractivity contribution in [3.8, 4) is 5.75 Å².